The summed E-state index contributed by atoms with van der Waals surface area (Å²) in [6, 6.07) is 5.14. The zero-order valence-electron chi connectivity index (χ0n) is 5.86. The third kappa shape index (κ3) is 6.92. The van der Waals surface area contributed by atoms with Gasteiger partial charge in [0.2, 0.25) is 0 Å². The lowest BCUT2D eigenvalue weighted by molar-refractivity contribution is 1.22. The second kappa shape index (κ2) is 6.92. The van der Waals surface area contributed by atoms with Crippen LogP contribution >= 0.6 is 0 Å². The Hall–Kier alpha value is -1.08. The van der Waals surface area contributed by atoms with Crippen molar-refractivity contribution in [3.05, 3.63) is 0 Å². The summed E-state index contributed by atoms with van der Waals surface area (Å²) in [5.74, 6) is 5.58. The van der Waals surface area contributed by atoms with Crippen LogP contribution < -0.4 is 5.32 Å². The molecule has 0 aliphatic carbocycles. The quantitative estimate of drug-likeness (QED) is 0.428. The highest BCUT2D eigenvalue weighted by molar-refractivity contribution is 5.05. The number of rotatable bonds is 0. The highest BCUT2D eigenvalue weighted by Gasteiger charge is 1.63. The Kier molecular flexibility index (Phi) is 6.09. The van der Waals surface area contributed by atoms with E-state index in [1.165, 1.54) is 0 Å². The molecule has 1 nitrogen and oxygen atoms in total. The zero-order valence-corrected chi connectivity index (χ0v) is 5.86. The van der Waals surface area contributed by atoms with Gasteiger partial charge in [-0.15, -0.1) is 5.32 Å². The molecular formula is C8H10N. The molecule has 0 rings (SSSR count). The molecule has 0 aliphatic rings. The van der Waals surface area contributed by atoms with Crippen molar-refractivity contribution in [3.8, 4) is 23.9 Å². The van der Waals surface area contributed by atoms with Gasteiger partial charge in [0.1, 0.15) is 0 Å². The topological polar surface area (TPSA) is 14.1 Å². The van der Waals surface area contributed by atoms with E-state index >= 15 is 0 Å². The van der Waals surface area contributed by atoms with Gasteiger partial charge < -0.3 is 0 Å². The van der Waals surface area contributed by atoms with Crippen molar-refractivity contribution in [2.45, 2.75) is 26.7 Å². The summed E-state index contributed by atoms with van der Waals surface area (Å²) >= 11 is 0. The molecule has 1 heteroatoms. The first-order valence-electron chi connectivity index (χ1n) is 3.07. The van der Waals surface area contributed by atoms with Crippen LogP contribution in [0.2, 0.25) is 0 Å². The van der Waals surface area contributed by atoms with Crippen LogP contribution in [0.3, 0.4) is 0 Å². The standard InChI is InChI=1S/C8H10N/c1-3-5-7-9-8-6-4-2/h3-4H2,1-2H3. The molecule has 0 N–H and O–H groups in total. The van der Waals surface area contributed by atoms with Gasteiger partial charge in [0.15, 0.2) is 0 Å². The average Bonchev–Trinajstić information content (AvgIpc) is 1.89. The van der Waals surface area contributed by atoms with E-state index in [2.05, 4.69) is 29.2 Å². The predicted molar refractivity (Wildman–Crippen MR) is 38.3 cm³/mol. The molecule has 0 fully saturated rings. The predicted octanol–water partition coefficient (Wildman–Crippen LogP) is 1.33. The molecule has 0 aromatic carbocycles. The maximum Gasteiger partial charge on any atom is 0.0448 e. The normalized spacial score (nSPS) is 6.00. The van der Waals surface area contributed by atoms with Crippen LogP contribution in [-0.2, 0) is 0 Å². The van der Waals surface area contributed by atoms with E-state index in [9.17, 15) is 0 Å². The van der Waals surface area contributed by atoms with Gasteiger partial charge >= 0.3 is 0 Å². The number of hydrogen-bond donors (Lipinski definition) is 0. The molecule has 9 heavy (non-hydrogen) atoms. The largest absolute Gasteiger partial charge is 0.146 e. The van der Waals surface area contributed by atoms with E-state index in [1.54, 1.807) is 0 Å². The Morgan fingerprint density at radius 3 is 1.78 bits per heavy atom. The molecular weight excluding hydrogens is 110 g/mol. The molecule has 0 aromatic heterocycles. The second-order valence-electron chi connectivity index (χ2n) is 1.40. The van der Waals surface area contributed by atoms with Crippen LogP contribution in [0.25, 0.3) is 0 Å². The van der Waals surface area contributed by atoms with E-state index in [0.717, 1.165) is 12.8 Å². The SMILES string of the molecule is CCC#C[N]C#CCC. The Morgan fingerprint density at radius 1 is 1.00 bits per heavy atom. The molecule has 0 saturated carbocycles. The molecule has 0 saturated heterocycles. The Balaban J connectivity index is 3.28. The lowest BCUT2D eigenvalue weighted by Crippen LogP contribution is -1.81. The van der Waals surface area contributed by atoms with Crippen LogP contribution in [0.4, 0.5) is 0 Å². The van der Waals surface area contributed by atoms with Crippen molar-refractivity contribution in [1.29, 1.82) is 0 Å². The third-order valence-electron chi connectivity index (χ3n) is 0.623. The lowest BCUT2D eigenvalue weighted by atomic mass is 10.5. The van der Waals surface area contributed by atoms with Gasteiger partial charge in [-0.2, -0.15) is 0 Å². The Morgan fingerprint density at radius 2 is 1.44 bits per heavy atom. The second-order valence-corrected chi connectivity index (χ2v) is 1.40. The Bertz CT molecular complexity index is 140. The fraction of sp³-hybridized carbons (Fsp3) is 0.500. The zero-order chi connectivity index (χ0) is 6.95. The number of hydrogen-bond acceptors (Lipinski definition) is 0. The van der Waals surface area contributed by atoms with Gasteiger partial charge in [-0.25, -0.2) is 0 Å². The molecule has 1 radical (unpaired) electrons. The van der Waals surface area contributed by atoms with Crippen molar-refractivity contribution < 1.29 is 0 Å². The van der Waals surface area contributed by atoms with Gasteiger partial charge in [-0.3, -0.25) is 0 Å². The van der Waals surface area contributed by atoms with E-state index in [4.69, 9.17) is 0 Å². The molecule has 0 unspecified atom stereocenters. The van der Waals surface area contributed by atoms with Crippen LogP contribution in [0.1, 0.15) is 26.7 Å². The first-order valence-corrected chi connectivity index (χ1v) is 3.07. The van der Waals surface area contributed by atoms with Crippen LogP contribution in [0.5, 0.6) is 0 Å². The molecule has 0 atom stereocenters. The highest BCUT2D eigenvalue weighted by atomic mass is 14.8. The molecule has 0 spiro atoms. The summed E-state index contributed by atoms with van der Waals surface area (Å²) < 4.78 is 0. The van der Waals surface area contributed by atoms with Crippen molar-refractivity contribution in [1.82, 2.24) is 5.32 Å². The molecule has 0 bridgehead atoms. The van der Waals surface area contributed by atoms with Crippen LogP contribution in [-0.4, -0.2) is 0 Å². The fourth-order valence-electron chi connectivity index (χ4n) is 0.265. The summed E-state index contributed by atoms with van der Waals surface area (Å²) in [7, 11) is 0. The van der Waals surface area contributed by atoms with E-state index in [0.29, 0.717) is 0 Å². The molecule has 0 aliphatic heterocycles. The minimum Gasteiger partial charge on any atom is -0.146 e. The molecule has 0 amide bonds. The van der Waals surface area contributed by atoms with Crippen molar-refractivity contribution >= 4 is 0 Å². The Labute approximate surface area is 56.8 Å². The minimum absolute atomic E-state index is 0.845. The van der Waals surface area contributed by atoms with E-state index < -0.39 is 0 Å². The summed E-state index contributed by atoms with van der Waals surface area (Å²) in [4.78, 5) is 0. The van der Waals surface area contributed by atoms with Gasteiger partial charge in [-0.05, 0) is 0 Å². The molecule has 47 valence electrons. The van der Waals surface area contributed by atoms with Crippen molar-refractivity contribution in [2.75, 3.05) is 0 Å². The van der Waals surface area contributed by atoms with Gasteiger partial charge in [0, 0.05) is 24.9 Å². The third-order valence-corrected chi connectivity index (χ3v) is 0.623. The fourth-order valence-corrected chi connectivity index (χ4v) is 0.265. The summed E-state index contributed by atoms with van der Waals surface area (Å²) in [6.07, 6.45) is 1.69. The van der Waals surface area contributed by atoms with Gasteiger partial charge in [0.05, 0.1) is 0 Å². The summed E-state index contributed by atoms with van der Waals surface area (Å²) in [5, 5.41) is 3.63. The summed E-state index contributed by atoms with van der Waals surface area (Å²) in [5.41, 5.74) is 0. The molecule has 0 aromatic rings. The van der Waals surface area contributed by atoms with Crippen molar-refractivity contribution in [3.63, 3.8) is 0 Å². The summed E-state index contributed by atoms with van der Waals surface area (Å²) in [6.45, 7) is 3.96. The van der Waals surface area contributed by atoms with Gasteiger partial charge in [0.25, 0.3) is 0 Å². The number of nitrogens with zero attached hydrogens (tertiary/aromatic N) is 1. The maximum absolute atomic E-state index is 3.63. The van der Waals surface area contributed by atoms with Gasteiger partial charge in [-0.1, -0.05) is 25.7 Å². The minimum atomic E-state index is 0.845. The van der Waals surface area contributed by atoms with Crippen LogP contribution in [0, 0.1) is 23.9 Å². The average molecular weight is 120 g/mol. The monoisotopic (exact) mass is 120 g/mol. The highest BCUT2D eigenvalue weighted by Crippen LogP contribution is 1.66. The lowest BCUT2D eigenvalue weighted by Gasteiger charge is -1.70. The van der Waals surface area contributed by atoms with E-state index in [1.807, 2.05) is 13.8 Å². The smallest absolute Gasteiger partial charge is 0.0448 e. The van der Waals surface area contributed by atoms with E-state index in [-0.39, 0.29) is 0 Å². The maximum atomic E-state index is 3.63. The first-order chi connectivity index (χ1) is 4.41. The first kappa shape index (κ1) is 7.92. The van der Waals surface area contributed by atoms with Crippen LogP contribution in [0.15, 0.2) is 0 Å². The molecule has 0 heterocycles. The van der Waals surface area contributed by atoms with Crippen molar-refractivity contribution in [2.24, 2.45) is 0 Å².